The normalized spacial score (nSPS) is 15.5. The average molecular weight is 493 g/mol. The van der Waals surface area contributed by atoms with Gasteiger partial charge >= 0.3 is 0 Å². The number of aryl methyl sites for hydroxylation is 2. The lowest BCUT2D eigenvalue weighted by atomic mass is 9.98. The first-order valence-corrected chi connectivity index (χ1v) is 13.2. The number of nitrogens with one attached hydrogen (secondary N) is 1. The average Bonchev–Trinajstić information content (AvgIpc) is 3.47. The fourth-order valence-electron chi connectivity index (χ4n) is 4.86. The van der Waals surface area contributed by atoms with Gasteiger partial charge in [-0.1, -0.05) is 58.5 Å². The Balaban J connectivity index is 1.35. The lowest BCUT2D eigenvalue weighted by molar-refractivity contribution is 0.449. The molecular formula is C28H37ClN6. The Bertz CT molecular complexity index is 1160. The zero-order valence-corrected chi connectivity index (χ0v) is 22.1. The molecular weight excluding hydrogens is 456 g/mol. The van der Waals surface area contributed by atoms with E-state index >= 15 is 0 Å². The van der Waals surface area contributed by atoms with Crippen LogP contribution in [0.4, 0.5) is 5.82 Å². The molecule has 3 heterocycles. The summed E-state index contributed by atoms with van der Waals surface area (Å²) in [6.07, 6.45) is 6.95. The van der Waals surface area contributed by atoms with Crippen LogP contribution in [0.5, 0.6) is 0 Å². The number of aromatic nitrogens is 2. The van der Waals surface area contributed by atoms with Crippen LogP contribution in [0.15, 0.2) is 47.2 Å². The zero-order chi connectivity index (χ0) is 24.9. The second kappa shape index (κ2) is 11.3. The Morgan fingerprint density at radius 1 is 1.03 bits per heavy atom. The van der Waals surface area contributed by atoms with Crippen LogP contribution >= 0.6 is 11.6 Å². The van der Waals surface area contributed by atoms with Gasteiger partial charge in [0.2, 0.25) is 5.28 Å². The maximum atomic E-state index is 6.19. The Labute approximate surface area is 214 Å². The van der Waals surface area contributed by atoms with Crippen molar-refractivity contribution in [3.05, 3.63) is 64.8 Å². The number of aromatic amines is 1. The summed E-state index contributed by atoms with van der Waals surface area (Å²) >= 11 is 6.19. The number of halogens is 1. The topological polar surface area (TPSA) is 59.9 Å². The first-order chi connectivity index (χ1) is 16.9. The van der Waals surface area contributed by atoms with Gasteiger partial charge < -0.3 is 14.8 Å². The molecule has 2 aliphatic heterocycles. The minimum absolute atomic E-state index is 0.382. The molecule has 0 amide bonds. The molecule has 0 spiro atoms. The van der Waals surface area contributed by atoms with Crippen LogP contribution in [0, 0.1) is 0 Å². The number of nitrogens with zero attached hydrogens (tertiary/aromatic N) is 5. The predicted molar refractivity (Wildman–Crippen MR) is 149 cm³/mol. The van der Waals surface area contributed by atoms with Crippen molar-refractivity contribution in [1.29, 1.82) is 0 Å². The molecule has 6 nitrogen and oxygen atoms in total. The van der Waals surface area contributed by atoms with Crippen LogP contribution in [0.3, 0.4) is 0 Å². The van der Waals surface area contributed by atoms with E-state index in [0.29, 0.717) is 11.8 Å². The number of imidazole rings is 1. The SMILES string of the molecule is C=C1c2[nH]c(Cl)nc2N(CCCC)C(=C)N1CCCC1=NC(Cc2ccc(CC)c(CC)c2)=NC1. The molecule has 0 aliphatic carbocycles. The summed E-state index contributed by atoms with van der Waals surface area (Å²) in [5.41, 5.74) is 7.07. The van der Waals surface area contributed by atoms with Gasteiger partial charge in [-0.3, -0.25) is 4.99 Å². The summed E-state index contributed by atoms with van der Waals surface area (Å²) in [7, 11) is 0. The summed E-state index contributed by atoms with van der Waals surface area (Å²) in [6.45, 7) is 17.7. The van der Waals surface area contributed by atoms with Crippen molar-refractivity contribution in [2.45, 2.75) is 65.7 Å². The van der Waals surface area contributed by atoms with Crippen molar-refractivity contribution in [3.8, 4) is 0 Å². The van der Waals surface area contributed by atoms with Crippen molar-refractivity contribution < 1.29 is 0 Å². The molecule has 0 atom stereocenters. The van der Waals surface area contributed by atoms with Crippen molar-refractivity contribution in [3.63, 3.8) is 0 Å². The number of rotatable bonds is 11. The van der Waals surface area contributed by atoms with E-state index in [0.717, 1.165) is 92.6 Å². The van der Waals surface area contributed by atoms with Crippen LogP contribution in [0.2, 0.25) is 5.28 Å². The molecule has 0 saturated carbocycles. The zero-order valence-electron chi connectivity index (χ0n) is 21.3. The third kappa shape index (κ3) is 5.53. The molecule has 1 N–H and O–H groups in total. The summed E-state index contributed by atoms with van der Waals surface area (Å²) < 4.78 is 0. The highest BCUT2D eigenvalue weighted by Crippen LogP contribution is 2.38. The number of unbranched alkanes of at least 4 members (excludes halogenated alkanes) is 1. The van der Waals surface area contributed by atoms with E-state index < -0.39 is 0 Å². The van der Waals surface area contributed by atoms with Crippen LogP contribution in [-0.4, -0.2) is 46.0 Å². The van der Waals surface area contributed by atoms with Crippen LogP contribution < -0.4 is 4.90 Å². The summed E-state index contributed by atoms with van der Waals surface area (Å²) in [5.74, 6) is 2.68. The molecule has 0 unspecified atom stereocenters. The largest absolute Gasteiger partial charge is 0.327 e. The molecule has 1 aromatic heterocycles. The number of anilines is 1. The monoisotopic (exact) mass is 492 g/mol. The van der Waals surface area contributed by atoms with E-state index in [1.165, 1.54) is 16.7 Å². The molecule has 2 aromatic rings. The van der Waals surface area contributed by atoms with Crippen LogP contribution in [0.1, 0.15) is 68.8 Å². The molecule has 7 heteroatoms. The molecule has 0 saturated heterocycles. The summed E-state index contributed by atoms with van der Waals surface area (Å²) in [5, 5.41) is 0.382. The summed E-state index contributed by atoms with van der Waals surface area (Å²) in [4.78, 5) is 21.5. The first-order valence-electron chi connectivity index (χ1n) is 12.8. The molecule has 1 aromatic carbocycles. The van der Waals surface area contributed by atoms with Gasteiger partial charge in [0, 0.05) is 25.2 Å². The smallest absolute Gasteiger partial charge is 0.202 e. The van der Waals surface area contributed by atoms with Crippen molar-refractivity contribution in [2.75, 3.05) is 24.5 Å². The Morgan fingerprint density at radius 3 is 2.54 bits per heavy atom. The predicted octanol–water partition coefficient (Wildman–Crippen LogP) is 6.43. The number of fused-ring (bicyclic) bond motifs is 1. The molecule has 0 fully saturated rings. The van der Waals surface area contributed by atoms with Gasteiger partial charge in [-0.05, 0) is 60.4 Å². The van der Waals surface area contributed by atoms with Gasteiger partial charge in [0.1, 0.15) is 17.4 Å². The first kappa shape index (κ1) is 25.2. The van der Waals surface area contributed by atoms with Gasteiger partial charge in [0.15, 0.2) is 5.82 Å². The van der Waals surface area contributed by atoms with Crippen molar-refractivity contribution in [1.82, 2.24) is 14.9 Å². The fraction of sp³-hybridized carbons (Fsp3) is 0.464. The lowest BCUT2D eigenvalue weighted by Crippen LogP contribution is -2.39. The molecule has 186 valence electrons. The van der Waals surface area contributed by atoms with Crippen molar-refractivity contribution in [2.24, 2.45) is 9.98 Å². The Kier molecular flexibility index (Phi) is 8.11. The standard InChI is InChI=1S/C28H37ClN6/c1-6-9-14-35-20(5)34(19(4)26-27(35)33-28(29)32-26)15-10-11-24-18-30-25(31-24)17-21-12-13-22(7-2)23(8-3)16-21/h12-13,16H,4-11,14-15,17-18H2,1-3H3,(H,32,33). The number of benzene rings is 1. The van der Waals surface area contributed by atoms with Gasteiger partial charge in [-0.25, -0.2) is 4.99 Å². The van der Waals surface area contributed by atoms with Crippen molar-refractivity contribution >= 4 is 34.7 Å². The molecule has 35 heavy (non-hydrogen) atoms. The van der Waals surface area contributed by atoms with E-state index in [4.69, 9.17) is 21.6 Å². The Morgan fingerprint density at radius 2 is 1.80 bits per heavy atom. The molecule has 0 radical (unpaired) electrons. The van der Waals surface area contributed by atoms with E-state index in [2.05, 4.69) is 71.9 Å². The molecule has 2 aliphatic rings. The number of aliphatic imine (C=N–C) groups is 2. The van der Waals surface area contributed by atoms with E-state index in [1.54, 1.807) is 0 Å². The summed E-state index contributed by atoms with van der Waals surface area (Å²) in [6, 6.07) is 6.80. The quantitative estimate of drug-likeness (QED) is 0.393. The number of H-pyrrole nitrogens is 1. The highest BCUT2D eigenvalue weighted by molar-refractivity contribution is 6.28. The number of amidine groups is 1. The highest BCUT2D eigenvalue weighted by atomic mass is 35.5. The van der Waals surface area contributed by atoms with E-state index in [1.807, 2.05) is 0 Å². The van der Waals surface area contributed by atoms with Gasteiger partial charge in [-0.2, -0.15) is 4.98 Å². The maximum Gasteiger partial charge on any atom is 0.202 e. The molecule has 0 bridgehead atoms. The maximum absolute atomic E-state index is 6.19. The molecule has 4 rings (SSSR count). The second-order valence-electron chi connectivity index (χ2n) is 9.25. The third-order valence-electron chi connectivity index (χ3n) is 6.86. The van der Waals surface area contributed by atoms with Gasteiger partial charge in [0.05, 0.1) is 12.2 Å². The third-order valence-corrected chi connectivity index (χ3v) is 7.04. The fourth-order valence-corrected chi connectivity index (χ4v) is 5.03. The number of hydrogen-bond acceptors (Lipinski definition) is 5. The highest BCUT2D eigenvalue weighted by Gasteiger charge is 2.31. The Hall–Kier alpha value is -2.86. The van der Waals surface area contributed by atoms with E-state index in [-0.39, 0.29) is 0 Å². The minimum Gasteiger partial charge on any atom is -0.327 e. The van der Waals surface area contributed by atoms with Gasteiger partial charge in [-0.15, -0.1) is 0 Å². The van der Waals surface area contributed by atoms with Crippen LogP contribution in [0.25, 0.3) is 5.70 Å². The van der Waals surface area contributed by atoms with Crippen LogP contribution in [-0.2, 0) is 19.3 Å². The van der Waals surface area contributed by atoms with E-state index in [9.17, 15) is 0 Å². The van der Waals surface area contributed by atoms with Gasteiger partial charge in [0.25, 0.3) is 0 Å². The lowest BCUT2D eigenvalue weighted by Gasteiger charge is -2.40. The number of hydrogen-bond donors (Lipinski definition) is 1. The minimum atomic E-state index is 0.382. The second-order valence-corrected chi connectivity index (χ2v) is 9.60.